The summed E-state index contributed by atoms with van der Waals surface area (Å²) >= 11 is 0. The molecule has 0 unspecified atom stereocenters. The van der Waals surface area contributed by atoms with Crippen LogP contribution in [0.2, 0.25) is 0 Å². The van der Waals surface area contributed by atoms with Crippen molar-refractivity contribution >= 4 is 5.97 Å². The summed E-state index contributed by atoms with van der Waals surface area (Å²) in [6.07, 6.45) is -2.75. The van der Waals surface area contributed by atoms with E-state index in [2.05, 4.69) is 5.10 Å². The highest BCUT2D eigenvalue weighted by Gasteiger charge is 2.30. The van der Waals surface area contributed by atoms with Gasteiger partial charge in [0.2, 0.25) is 0 Å². The van der Waals surface area contributed by atoms with E-state index in [0.717, 1.165) is 23.4 Å². The summed E-state index contributed by atoms with van der Waals surface area (Å²) < 4.78 is 45.7. The number of aliphatic carboxylic acids is 1. The van der Waals surface area contributed by atoms with E-state index in [1.165, 1.54) is 16.8 Å². The maximum Gasteiger partial charge on any atom is 0.416 e. The van der Waals surface area contributed by atoms with E-state index in [9.17, 15) is 18.0 Å². The molecule has 0 radical (unpaired) electrons. The van der Waals surface area contributed by atoms with Crippen LogP contribution < -0.4 is 4.74 Å². The fourth-order valence-electron chi connectivity index (χ4n) is 3.04. The van der Waals surface area contributed by atoms with Gasteiger partial charge in [0, 0.05) is 11.8 Å². The second-order valence-corrected chi connectivity index (χ2v) is 7.19. The maximum atomic E-state index is 12.8. The molecule has 2 aromatic carbocycles. The van der Waals surface area contributed by atoms with Gasteiger partial charge in [0.15, 0.2) is 0 Å². The first kappa shape index (κ1) is 21.4. The molecule has 8 heteroatoms. The molecule has 5 nitrogen and oxygen atoms in total. The maximum absolute atomic E-state index is 12.8. The smallest absolute Gasteiger partial charge is 0.416 e. The van der Waals surface area contributed by atoms with Crippen LogP contribution in [0.25, 0.3) is 5.69 Å². The van der Waals surface area contributed by atoms with Crippen LogP contribution in [0.3, 0.4) is 0 Å². The van der Waals surface area contributed by atoms with Gasteiger partial charge >= 0.3 is 12.1 Å². The number of hydrogen-bond donors (Lipinski definition) is 1. The molecule has 30 heavy (non-hydrogen) atoms. The van der Waals surface area contributed by atoms with Crippen LogP contribution in [0.1, 0.15) is 42.1 Å². The lowest BCUT2D eigenvalue weighted by atomic mass is 10.1. The van der Waals surface area contributed by atoms with Crippen molar-refractivity contribution < 1.29 is 27.8 Å². The zero-order valence-corrected chi connectivity index (χ0v) is 16.5. The lowest BCUT2D eigenvalue weighted by Gasteiger charge is -2.09. The predicted octanol–water partition coefficient (Wildman–Crippen LogP) is 5.22. The normalized spacial score (nSPS) is 11.7. The molecule has 0 bridgehead atoms. The number of nitrogens with zero attached hydrogens (tertiary/aromatic N) is 2. The third-order valence-electron chi connectivity index (χ3n) is 4.48. The van der Waals surface area contributed by atoms with Crippen molar-refractivity contribution in [1.29, 1.82) is 0 Å². The van der Waals surface area contributed by atoms with Crippen LogP contribution in [-0.4, -0.2) is 20.9 Å². The van der Waals surface area contributed by atoms with Gasteiger partial charge in [0.05, 0.1) is 23.4 Å². The molecule has 158 valence electrons. The highest BCUT2D eigenvalue weighted by atomic mass is 19.4. The van der Waals surface area contributed by atoms with E-state index in [1.807, 2.05) is 13.8 Å². The molecular formula is C22H21F3N2O3. The number of carboxylic acids is 1. The largest absolute Gasteiger partial charge is 0.489 e. The first-order valence-electron chi connectivity index (χ1n) is 9.33. The number of ether oxygens (including phenoxy) is 1. The number of alkyl halides is 3. The van der Waals surface area contributed by atoms with Crippen molar-refractivity contribution in [3.05, 3.63) is 77.1 Å². The van der Waals surface area contributed by atoms with Crippen molar-refractivity contribution in [2.75, 3.05) is 0 Å². The van der Waals surface area contributed by atoms with Crippen LogP contribution in [0.4, 0.5) is 13.2 Å². The fraction of sp³-hybridized carbons (Fsp3) is 0.273. The predicted molar refractivity (Wildman–Crippen MR) is 105 cm³/mol. The fourth-order valence-corrected chi connectivity index (χ4v) is 3.04. The molecule has 3 rings (SSSR count). The van der Waals surface area contributed by atoms with E-state index < -0.39 is 17.7 Å². The molecule has 1 aromatic heterocycles. The first-order chi connectivity index (χ1) is 14.1. The third kappa shape index (κ3) is 5.20. The van der Waals surface area contributed by atoms with Crippen molar-refractivity contribution in [1.82, 2.24) is 9.78 Å². The molecule has 0 fully saturated rings. The lowest BCUT2D eigenvalue weighted by molar-refractivity contribution is -0.138. The third-order valence-corrected chi connectivity index (χ3v) is 4.48. The molecule has 1 N–H and O–H groups in total. The van der Waals surface area contributed by atoms with Gasteiger partial charge in [-0.15, -0.1) is 0 Å². The minimum absolute atomic E-state index is 0.0812. The van der Waals surface area contributed by atoms with Gasteiger partial charge in [-0.05, 0) is 47.9 Å². The second kappa shape index (κ2) is 8.61. The van der Waals surface area contributed by atoms with Crippen LogP contribution in [0.5, 0.6) is 5.75 Å². The SMILES string of the molecule is CC(C)c1nn(-c2ccc(C(F)(F)F)cc2)cc1COc1cccc(CC(=O)O)c1. The standard InChI is InChI=1S/C22H21F3N2O3/c1-14(2)21-16(13-30-19-5-3-4-15(10-19)11-20(28)29)12-27(26-21)18-8-6-17(7-9-18)22(23,24)25/h3-10,12,14H,11,13H2,1-2H3,(H,28,29). The molecule has 0 spiro atoms. The summed E-state index contributed by atoms with van der Waals surface area (Å²) in [5.41, 5.74) is 2.00. The van der Waals surface area contributed by atoms with Crippen LogP contribution in [0, 0.1) is 0 Å². The Morgan fingerprint density at radius 1 is 1.17 bits per heavy atom. The molecule has 1 heterocycles. The van der Waals surface area contributed by atoms with E-state index in [4.69, 9.17) is 9.84 Å². The quantitative estimate of drug-likeness (QED) is 0.571. The van der Waals surface area contributed by atoms with E-state index in [-0.39, 0.29) is 18.9 Å². The molecule has 0 saturated carbocycles. The van der Waals surface area contributed by atoms with Crippen molar-refractivity contribution in [2.24, 2.45) is 0 Å². The topological polar surface area (TPSA) is 64.4 Å². The van der Waals surface area contributed by atoms with Gasteiger partial charge in [0.1, 0.15) is 12.4 Å². The zero-order valence-electron chi connectivity index (χ0n) is 16.5. The van der Waals surface area contributed by atoms with Gasteiger partial charge in [-0.25, -0.2) is 4.68 Å². The van der Waals surface area contributed by atoms with Crippen molar-refractivity contribution in [3.63, 3.8) is 0 Å². The summed E-state index contributed by atoms with van der Waals surface area (Å²) in [5.74, 6) is -0.310. The highest BCUT2D eigenvalue weighted by Crippen LogP contribution is 2.30. The monoisotopic (exact) mass is 418 g/mol. The first-order valence-corrected chi connectivity index (χ1v) is 9.33. The molecule has 3 aromatic rings. The Hall–Kier alpha value is -3.29. The summed E-state index contributed by atoms with van der Waals surface area (Å²) in [6.45, 7) is 4.14. The highest BCUT2D eigenvalue weighted by molar-refractivity contribution is 5.70. The Bertz CT molecular complexity index is 1020. The Morgan fingerprint density at radius 2 is 1.87 bits per heavy atom. The van der Waals surface area contributed by atoms with Gasteiger partial charge in [-0.3, -0.25) is 4.79 Å². The molecule has 0 amide bonds. The Kier molecular flexibility index (Phi) is 6.14. The van der Waals surface area contributed by atoms with Gasteiger partial charge in [-0.1, -0.05) is 26.0 Å². The summed E-state index contributed by atoms with van der Waals surface area (Å²) in [5, 5.41) is 13.4. The average molecular weight is 418 g/mol. The molecule has 0 atom stereocenters. The number of halogens is 3. The number of hydrogen-bond acceptors (Lipinski definition) is 3. The van der Waals surface area contributed by atoms with E-state index >= 15 is 0 Å². The van der Waals surface area contributed by atoms with Gasteiger partial charge < -0.3 is 9.84 Å². The Labute approximate surface area is 171 Å². The van der Waals surface area contributed by atoms with E-state index in [1.54, 1.807) is 30.5 Å². The minimum Gasteiger partial charge on any atom is -0.489 e. The van der Waals surface area contributed by atoms with Gasteiger partial charge in [0.25, 0.3) is 0 Å². The summed E-state index contributed by atoms with van der Waals surface area (Å²) in [7, 11) is 0. The van der Waals surface area contributed by atoms with Crippen molar-refractivity contribution in [2.45, 2.75) is 39.0 Å². The van der Waals surface area contributed by atoms with E-state index in [0.29, 0.717) is 17.0 Å². The molecular weight excluding hydrogens is 397 g/mol. The number of rotatable bonds is 7. The summed E-state index contributed by atoms with van der Waals surface area (Å²) in [6, 6.07) is 11.6. The Balaban J connectivity index is 1.80. The number of benzene rings is 2. The molecule has 0 aliphatic heterocycles. The second-order valence-electron chi connectivity index (χ2n) is 7.19. The molecule has 0 aliphatic carbocycles. The zero-order chi connectivity index (χ0) is 21.9. The minimum atomic E-state index is -4.39. The van der Waals surface area contributed by atoms with Crippen LogP contribution in [-0.2, 0) is 24.0 Å². The number of carbonyl (C=O) groups is 1. The van der Waals surface area contributed by atoms with Crippen LogP contribution >= 0.6 is 0 Å². The van der Waals surface area contributed by atoms with Gasteiger partial charge in [-0.2, -0.15) is 18.3 Å². The number of carboxylic acid groups (broad SMARTS) is 1. The molecule has 0 aliphatic rings. The average Bonchev–Trinajstić information content (AvgIpc) is 3.10. The summed E-state index contributed by atoms with van der Waals surface area (Å²) in [4.78, 5) is 10.9. The number of aromatic nitrogens is 2. The molecule has 0 saturated heterocycles. The van der Waals surface area contributed by atoms with Crippen molar-refractivity contribution in [3.8, 4) is 11.4 Å². The Morgan fingerprint density at radius 3 is 2.47 bits per heavy atom. The van der Waals surface area contributed by atoms with Crippen LogP contribution in [0.15, 0.2) is 54.7 Å². The lowest BCUT2D eigenvalue weighted by Crippen LogP contribution is -2.05.